The monoisotopic (exact) mass is 283 g/mol. The Balaban J connectivity index is 2.03. The predicted molar refractivity (Wildman–Crippen MR) is 84.0 cm³/mol. The molecular formula is C16H17N3S. The molecule has 0 bridgehead atoms. The Bertz CT molecular complexity index is 643. The molecule has 2 heterocycles. The number of rotatable bonds is 5. The number of imidazole rings is 1. The van der Waals surface area contributed by atoms with Crippen LogP contribution in [-0.4, -0.2) is 23.1 Å². The second kappa shape index (κ2) is 6.03. The van der Waals surface area contributed by atoms with Gasteiger partial charge in [-0.2, -0.15) is 0 Å². The highest BCUT2D eigenvalue weighted by molar-refractivity contribution is 7.13. The van der Waals surface area contributed by atoms with E-state index in [4.69, 9.17) is 0 Å². The van der Waals surface area contributed by atoms with Crippen LogP contribution >= 0.6 is 11.3 Å². The zero-order chi connectivity index (χ0) is 13.8. The topological polar surface area (TPSA) is 29.9 Å². The molecule has 0 saturated carbocycles. The van der Waals surface area contributed by atoms with Gasteiger partial charge in [-0.05, 0) is 24.1 Å². The second-order valence-corrected chi connectivity index (χ2v) is 5.57. The summed E-state index contributed by atoms with van der Waals surface area (Å²) >= 11 is 1.72. The summed E-state index contributed by atoms with van der Waals surface area (Å²) in [5.74, 6) is 1.03. The smallest absolute Gasteiger partial charge is 0.150 e. The van der Waals surface area contributed by atoms with Crippen molar-refractivity contribution in [3.05, 3.63) is 65.8 Å². The summed E-state index contributed by atoms with van der Waals surface area (Å²) in [4.78, 5) is 5.73. The molecule has 3 aromatic rings. The van der Waals surface area contributed by atoms with Gasteiger partial charge in [0.15, 0.2) is 5.82 Å². The number of benzene rings is 1. The maximum atomic E-state index is 4.53. The highest BCUT2D eigenvalue weighted by Crippen LogP contribution is 2.28. The normalized spacial score (nSPS) is 12.4. The molecule has 3 nitrogen and oxygen atoms in total. The van der Waals surface area contributed by atoms with E-state index in [-0.39, 0.29) is 6.04 Å². The first-order valence-corrected chi connectivity index (χ1v) is 7.54. The van der Waals surface area contributed by atoms with Crippen molar-refractivity contribution < 1.29 is 0 Å². The Hall–Kier alpha value is -1.91. The first-order chi connectivity index (χ1) is 9.90. The van der Waals surface area contributed by atoms with Crippen LogP contribution < -0.4 is 5.32 Å². The molecule has 0 radical (unpaired) electrons. The first-order valence-electron chi connectivity index (χ1n) is 6.66. The molecule has 0 aliphatic carbocycles. The lowest BCUT2D eigenvalue weighted by Crippen LogP contribution is -2.23. The molecule has 0 saturated heterocycles. The van der Waals surface area contributed by atoms with E-state index >= 15 is 0 Å². The third-order valence-electron chi connectivity index (χ3n) is 3.33. The Morgan fingerprint density at radius 1 is 1.20 bits per heavy atom. The van der Waals surface area contributed by atoms with Crippen molar-refractivity contribution in [2.24, 2.45) is 0 Å². The lowest BCUT2D eigenvalue weighted by molar-refractivity contribution is 0.555. The van der Waals surface area contributed by atoms with Crippen molar-refractivity contribution in [1.29, 1.82) is 0 Å². The highest BCUT2D eigenvalue weighted by Gasteiger charge is 2.17. The van der Waals surface area contributed by atoms with Gasteiger partial charge in [-0.15, -0.1) is 11.3 Å². The average Bonchev–Trinajstić information content (AvgIpc) is 3.16. The van der Waals surface area contributed by atoms with Gasteiger partial charge < -0.3 is 9.88 Å². The maximum Gasteiger partial charge on any atom is 0.150 e. The minimum atomic E-state index is 0.251. The molecule has 4 heteroatoms. The van der Waals surface area contributed by atoms with Crippen LogP contribution in [0, 0.1) is 0 Å². The fourth-order valence-corrected chi connectivity index (χ4v) is 3.13. The van der Waals surface area contributed by atoms with E-state index in [2.05, 4.69) is 62.8 Å². The van der Waals surface area contributed by atoms with E-state index in [1.807, 2.05) is 19.3 Å². The summed E-state index contributed by atoms with van der Waals surface area (Å²) in [5.41, 5.74) is 1.29. The van der Waals surface area contributed by atoms with Crippen molar-refractivity contribution in [2.75, 3.05) is 13.6 Å². The predicted octanol–water partition coefficient (Wildman–Crippen LogP) is 3.42. The van der Waals surface area contributed by atoms with Crippen molar-refractivity contribution in [3.8, 4) is 10.7 Å². The molecule has 20 heavy (non-hydrogen) atoms. The zero-order valence-electron chi connectivity index (χ0n) is 11.4. The van der Waals surface area contributed by atoms with Crippen LogP contribution in [0.2, 0.25) is 0 Å². The number of aromatic nitrogens is 2. The van der Waals surface area contributed by atoms with Crippen LogP contribution in [0.25, 0.3) is 10.7 Å². The quantitative estimate of drug-likeness (QED) is 0.777. The third kappa shape index (κ3) is 2.53. The molecule has 2 aromatic heterocycles. The van der Waals surface area contributed by atoms with Gasteiger partial charge in [0.25, 0.3) is 0 Å². The number of hydrogen-bond acceptors (Lipinski definition) is 3. The molecule has 102 valence electrons. The number of likely N-dealkylation sites (N-methyl/N-ethyl adjacent to an activating group) is 1. The van der Waals surface area contributed by atoms with Gasteiger partial charge in [-0.25, -0.2) is 4.98 Å². The maximum absolute atomic E-state index is 4.53. The van der Waals surface area contributed by atoms with Crippen LogP contribution in [0.4, 0.5) is 0 Å². The van der Waals surface area contributed by atoms with Crippen molar-refractivity contribution >= 4 is 11.3 Å². The fraction of sp³-hybridized carbons (Fsp3) is 0.188. The first kappa shape index (κ1) is 13.1. The standard InChI is InChI=1S/C16H17N3S/c1-17-12-14(13-6-3-2-4-7-13)19-10-9-18-16(19)15-8-5-11-20-15/h2-11,14,17H,12H2,1H3. The number of hydrogen-bond donors (Lipinski definition) is 1. The van der Waals surface area contributed by atoms with Crippen molar-refractivity contribution in [2.45, 2.75) is 6.04 Å². The molecule has 1 atom stereocenters. The fourth-order valence-electron chi connectivity index (χ4n) is 2.41. The van der Waals surface area contributed by atoms with E-state index < -0.39 is 0 Å². The van der Waals surface area contributed by atoms with E-state index in [9.17, 15) is 0 Å². The SMILES string of the molecule is CNCC(c1ccccc1)n1ccnc1-c1cccs1. The average molecular weight is 283 g/mol. The van der Waals surface area contributed by atoms with Gasteiger partial charge in [-0.1, -0.05) is 36.4 Å². The highest BCUT2D eigenvalue weighted by atomic mass is 32.1. The molecule has 1 unspecified atom stereocenters. The van der Waals surface area contributed by atoms with Crippen LogP contribution in [-0.2, 0) is 0 Å². The van der Waals surface area contributed by atoms with Gasteiger partial charge in [0, 0.05) is 18.9 Å². The van der Waals surface area contributed by atoms with E-state index in [1.165, 1.54) is 10.4 Å². The van der Waals surface area contributed by atoms with E-state index in [0.29, 0.717) is 0 Å². The molecule has 0 spiro atoms. The summed E-state index contributed by atoms with van der Waals surface area (Å²) in [6, 6.07) is 15.0. The molecule has 0 aliphatic rings. The summed E-state index contributed by atoms with van der Waals surface area (Å²) in [5, 5.41) is 5.37. The lowest BCUT2D eigenvalue weighted by atomic mass is 10.1. The number of nitrogens with zero attached hydrogens (tertiary/aromatic N) is 2. The van der Waals surface area contributed by atoms with Crippen LogP contribution in [0.15, 0.2) is 60.2 Å². The van der Waals surface area contributed by atoms with Gasteiger partial charge >= 0.3 is 0 Å². The lowest BCUT2D eigenvalue weighted by Gasteiger charge is -2.20. The minimum absolute atomic E-state index is 0.251. The molecule has 0 aliphatic heterocycles. The summed E-state index contributed by atoms with van der Waals surface area (Å²) in [7, 11) is 1.98. The second-order valence-electron chi connectivity index (χ2n) is 4.62. The van der Waals surface area contributed by atoms with Gasteiger partial charge in [0.1, 0.15) is 0 Å². The van der Waals surface area contributed by atoms with Crippen LogP contribution in [0.5, 0.6) is 0 Å². The Morgan fingerprint density at radius 2 is 2.05 bits per heavy atom. The number of thiophene rings is 1. The molecule has 1 aromatic carbocycles. The van der Waals surface area contributed by atoms with E-state index in [1.54, 1.807) is 11.3 Å². The summed E-state index contributed by atoms with van der Waals surface area (Å²) < 4.78 is 2.25. The molecule has 3 rings (SSSR count). The summed E-state index contributed by atoms with van der Waals surface area (Å²) in [6.45, 7) is 0.874. The molecule has 0 amide bonds. The van der Waals surface area contributed by atoms with Crippen LogP contribution in [0.3, 0.4) is 0 Å². The molecule has 1 N–H and O–H groups in total. The van der Waals surface area contributed by atoms with Crippen molar-refractivity contribution in [1.82, 2.24) is 14.9 Å². The zero-order valence-corrected chi connectivity index (χ0v) is 12.2. The Labute approximate surface area is 122 Å². The van der Waals surface area contributed by atoms with Gasteiger partial charge in [-0.3, -0.25) is 0 Å². The molecular weight excluding hydrogens is 266 g/mol. The number of nitrogens with one attached hydrogen (secondary N) is 1. The van der Waals surface area contributed by atoms with Gasteiger partial charge in [0.05, 0.1) is 10.9 Å². The minimum Gasteiger partial charge on any atom is -0.322 e. The Morgan fingerprint density at radius 3 is 2.75 bits per heavy atom. The largest absolute Gasteiger partial charge is 0.322 e. The third-order valence-corrected chi connectivity index (χ3v) is 4.19. The molecule has 0 fully saturated rings. The van der Waals surface area contributed by atoms with Gasteiger partial charge in [0.2, 0.25) is 0 Å². The van der Waals surface area contributed by atoms with Crippen molar-refractivity contribution in [3.63, 3.8) is 0 Å². The van der Waals surface area contributed by atoms with Crippen LogP contribution in [0.1, 0.15) is 11.6 Å². The summed E-state index contributed by atoms with van der Waals surface area (Å²) in [6.07, 6.45) is 3.94. The Kier molecular flexibility index (Phi) is 3.95. The van der Waals surface area contributed by atoms with E-state index in [0.717, 1.165) is 12.4 Å².